The fraction of sp³-hybridized carbons (Fsp3) is 0.111. The maximum absolute atomic E-state index is 11.7. The number of carbonyl (C=O) groups excluding carboxylic acids is 1. The summed E-state index contributed by atoms with van der Waals surface area (Å²) < 4.78 is 11.2. The number of hydrogen-bond donors (Lipinski definition) is 2. The number of nitrogens with one attached hydrogen (secondary N) is 2. The molecule has 0 radical (unpaired) electrons. The van der Waals surface area contributed by atoms with Crippen molar-refractivity contribution < 1.29 is 14.3 Å². The zero-order valence-electron chi connectivity index (χ0n) is 13.3. The number of carbonyl (C=O) groups is 1. The van der Waals surface area contributed by atoms with Crippen LogP contribution in [-0.4, -0.2) is 18.1 Å². The summed E-state index contributed by atoms with van der Waals surface area (Å²) in [5.41, 5.74) is 2.05. The molecule has 0 aliphatic carbocycles. The molecule has 5 nitrogen and oxygen atoms in total. The van der Waals surface area contributed by atoms with Crippen LogP contribution in [0, 0.1) is 0 Å². The second-order valence-electron chi connectivity index (χ2n) is 5.26. The third kappa shape index (κ3) is 4.10. The molecule has 128 valence electrons. The Balaban J connectivity index is 1.78. The number of rotatable bonds is 5. The van der Waals surface area contributed by atoms with Gasteiger partial charge in [0.25, 0.3) is 5.91 Å². The number of amides is 1. The molecule has 7 heteroatoms. The first-order valence-corrected chi connectivity index (χ1v) is 8.23. The Hall–Kier alpha value is -2.57. The molecule has 3 rings (SSSR count). The second kappa shape index (κ2) is 7.55. The van der Waals surface area contributed by atoms with Crippen LogP contribution in [0.4, 0.5) is 0 Å². The molecule has 2 aromatic rings. The summed E-state index contributed by atoms with van der Waals surface area (Å²) in [6.07, 6.45) is 1.69. The predicted molar refractivity (Wildman–Crippen MR) is 101 cm³/mol. The first kappa shape index (κ1) is 17.3. The first-order chi connectivity index (χ1) is 12.1. The number of thiocarbonyl (C=S) groups is 1. The van der Waals surface area contributed by atoms with Crippen molar-refractivity contribution in [1.29, 1.82) is 0 Å². The van der Waals surface area contributed by atoms with E-state index in [1.165, 1.54) is 0 Å². The number of halogens is 1. The van der Waals surface area contributed by atoms with Crippen molar-refractivity contribution in [3.8, 4) is 11.5 Å². The quantitative estimate of drug-likeness (QED) is 0.621. The summed E-state index contributed by atoms with van der Waals surface area (Å²) in [6.45, 7) is 0.328. The molecular formula is C18H15ClN2O3S. The molecule has 0 unspecified atom stereocenters. The molecule has 2 aromatic carbocycles. The highest BCUT2D eigenvalue weighted by Crippen LogP contribution is 2.30. The van der Waals surface area contributed by atoms with E-state index in [2.05, 4.69) is 10.6 Å². The van der Waals surface area contributed by atoms with Crippen LogP contribution in [-0.2, 0) is 11.4 Å². The van der Waals surface area contributed by atoms with Crippen molar-refractivity contribution in [1.82, 2.24) is 10.6 Å². The third-order valence-corrected chi connectivity index (χ3v) is 4.13. The lowest BCUT2D eigenvalue weighted by molar-refractivity contribution is -0.115. The lowest BCUT2D eigenvalue weighted by Crippen LogP contribution is -2.21. The summed E-state index contributed by atoms with van der Waals surface area (Å²) in [7, 11) is 1.56. The topological polar surface area (TPSA) is 59.6 Å². The molecule has 1 saturated heterocycles. The maximum atomic E-state index is 11.7. The molecule has 0 saturated carbocycles. The lowest BCUT2D eigenvalue weighted by atomic mass is 10.1. The van der Waals surface area contributed by atoms with Crippen molar-refractivity contribution >= 4 is 40.9 Å². The van der Waals surface area contributed by atoms with Crippen LogP contribution >= 0.6 is 23.8 Å². The van der Waals surface area contributed by atoms with Crippen LogP contribution in [0.25, 0.3) is 6.08 Å². The van der Waals surface area contributed by atoms with E-state index in [1.54, 1.807) is 25.3 Å². The molecule has 0 aromatic heterocycles. The van der Waals surface area contributed by atoms with Crippen LogP contribution in [0.15, 0.2) is 48.2 Å². The largest absolute Gasteiger partial charge is 0.493 e. The smallest absolute Gasteiger partial charge is 0.273 e. The van der Waals surface area contributed by atoms with Crippen molar-refractivity contribution in [2.75, 3.05) is 7.11 Å². The summed E-state index contributed by atoms with van der Waals surface area (Å²) >= 11 is 11.0. The van der Waals surface area contributed by atoms with Gasteiger partial charge in [-0.3, -0.25) is 10.1 Å². The molecule has 25 heavy (non-hydrogen) atoms. The monoisotopic (exact) mass is 374 g/mol. The fourth-order valence-corrected chi connectivity index (χ4v) is 2.71. The SMILES string of the molecule is COc1cc(C=C2NC(=S)NC2=O)ccc1OCc1ccccc1Cl. The molecule has 1 aliphatic rings. The average molecular weight is 375 g/mol. The molecule has 0 atom stereocenters. The Bertz CT molecular complexity index is 867. The van der Waals surface area contributed by atoms with E-state index in [4.69, 9.17) is 33.3 Å². The second-order valence-corrected chi connectivity index (χ2v) is 6.07. The lowest BCUT2D eigenvalue weighted by Gasteiger charge is -2.12. The van der Waals surface area contributed by atoms with Gasteiger partial charge in [-0.05, 0) is 42.1 Å². The van der Waals surface area contributed by atoms with E-state index in [9.17, 15) is 4.79 Å². The van der Waals surface area contributed by atoms with Crippen LogP contribution in [0.2, 0.25) is 5.02 Å². The number of hydrogen-bond acceptors (Lipinski definition) is 4. The molecule has 2 N–H and O–H groups in total. The standard InChI is InChI=1S/C18H15ClN2O3S/c1-23-16-9-11(8-14-17(22)21-18(25)20-14)6-7-15(16)24-10-12-4-2-3-5-13(12)19/h2-9H,10H2,1H3,(H2,20,21,22,25). The van der Waals surface area contributed by atoms with E-state index in [-0.39, 0.29) is 5.91 Å². The number of ether oxygens (including phenoxy) is 2. The van der Waals surface area contributed by atoms with Gasteiger partial charge in [-0.2, -0.15) is 0 Å². The first-order valence-electron chi connectivity index (χ1n) is 7.45. The van der Waals surface area contributed by atoms with Gasteiger partial charge >= 0.3 is 0 Å². The van der Waals surface area contributed by atoms with Gasteiger partial charge in [0.05, 0.1) is 7.11 Å². The predicted octanol–water partition coefficient (Wildman–Crippen LogP) is 3.27. The molecule has 1 amide bonds. The van der Waals surface area contributed by atoms with E-state index in [1.807, 2.05) is 30.3 Å². The van der Waals surface area contributed by atoms with Gasteiger partial charge in [-0.15, -0.1) is 0 Å². The van der Waals surface area contributed by atoms with E-state index >= 15 is 0 Å². The highest BCUT2D eigenvalue weighted by Gasteiger charge is 2.20. The van der Waals surface area contributed by atoms with Gasteiger partial charge in [-0.1, -0.05) is 35.9 Å². The average Bonchev–Trinajstić information content (AvgIpc) is 2.92. The molecule has 1 heterocycles. The summed E-state index contributed by atoms with van der Waals surface area (Å²) in [6, 6.07) is 12.9. The third-order valence-electron chi connectivity index (χ3n) is 3.56. The fourth-order valence-electron chi connectivity index (χ4n) is 2.31. The Morgan fingerprint density at radius 1 is 1.16 bits per heavy atom. The zero-order valence-corrected chi connectivity index (χ0v) is 14.9. The van der Waals surface area contributed by atoms with E-state index in [0.29, 0.717) is 33.9 Å². The Labute approximate surface area is 155 Å². The van der Waals surface area contributed by atoms with Gasteiger partial charge in [0.1, 0.15) is 12.3 Å². The van der Waals surface area contributed by atoms with Crippen LogP contribution in [0.5, 0.6) is 11.5 Å². The van der Waals surface area contributed by atoms with Crippen LogP contribution < -0.4 is 20.1 Å². The Kier molecular flexibility index (Phi) is 5.21. The molecule has 0 spiro atoms. The summed E-state index contributed by atoms with van der Waals surface area (Å²) in [4.78, 5) is 11.7. The van der Waals surface area contributed by atoms with Crippen LogP contribution in [0.1, 0.15) is 11.1 Å². The highest BCUT2D eigenvalue weighted by molar-refractivity contribution is 7.80. The summed E-state index contributed by atoms with van der Waals surface area (Å²) in [5.74, 6) is 0.884. The normalized spacial score (nSPS) is 15.0. The molecule has 0 bridgehead atoms. The summed E-state index contributed by atoms with van der Waals surface area (Å²) in [5, 5.41) is 6.26. The van der Waals surface area contributed by atoms with Gasteiger partial charge in [0, 0.05) is 10.6 Å². The van der Waals surface area contributed by atoms with Crippen molar-refractivity contribution in [3.05, 3.63) is 64.3 Å². The van der Waals surface area contributed by atoms with Gasteiger partial charge < -0.3 is 14.8 Å². The van der Waals surface area contributed by atoms with Gasteiger partial charge in [0.2, 0.25) is 0 Å². The Morgan fingerprint density at radius 3 is 2.64 bits per heavy atom. The molecule has 1 aliphatic heterocycles. The highest BCUT2D eigenvalue weighted by atomic mass is 35.5. The van der Waals surface area contributed by atoms with Crippen molar-refractivity contribution in [2.45, 2.75) is 6.61 Å². The zero-order chi connectivity index (χ0) is 17.8. The minimum absolute atomic E-state index is 0.261. The molecular weight excluding hydrogens is 360 g/mol. The van der Waals surface area contributed by atoms with Crippen LogP contribution in [0.3, 0.4) is 0 Å². The Morgan fingerprint density at radius 2 is 1.96 bits per heavy atom. The van der Waals surface area contributed by atoms with Crippen molar-refractivity contribution in [2.24, 2.45) is 0 Å². The maximum Gasteiger partial charge on any atom is 0.273 e. The molecule has 1 fully saturated rings. The minimum atomic E-state index is -0.261. The minimum Gasteiger partial charge on any atom is -0.493 e. The van der Waals surface area contributed by atoms with E-state index in [0.717, 1.165) is 11.1 Å². The van der Waals surface area contributed by atoms with Gasteiger partial charge in [-0.25, -0.2) is 0 Å². The number of methoxy groups -OCH3 is 1. The number of benzene rings is 2. The van der Waals surface area contributed by atoms with Crippen molar-refractivity contribution in [3.63, 3.8) is 0 Å². The van der Waals surface area contributed by atoms with Gasteiger partial charge in [0.15, 0.2) is 16.6 Å². The van der Waals surface area contributed by atoms with E-state index < -0.39 is 0 Å².